The maximum atomic E-state index is 11.6. The Balaban J connectivity index is 1.90. The smallest absolute Gasteiger partial charge is 0.234 e. The maximum absolute atomic E-state index is 11.6. The lowest BCUT2D eigenvalue weighted by molar-refractivity contribution is -0.118. The molecule has 0 saturated heterocycles. The van der Waals surface area contributed by atoms with Gasteiger partial charge >= 0.3 is 0 Å². The van der Waals surface area contributed by atoms with E-state index in [9.17, 15) is 4.79 Å². The summed E-state index contributed by atoms with van der Waals surface area (Å²) in [6.07, 6.45) is 6.47. The Bertz CT molecular complexity index is 465. The van der Waals surface area contributed by atoms with Gasteiger partial charge in [-0.15, -0.1) is 0 Å². The van der Waals surface area contributed by atoms with Gasteiger partial charge in [0.05, 0.1) is 6.42 Å². The molecule has 1 aromatic heterocycles. The Labute approximate surface area is 127 Å². The number of ketones is 1. The molecule has 21 heavy (non-hydrogen) atoms. The first-order valence-electron chi connectivity index (χ1n) is 8.24. The molecule has 1 saturated carbocycles. The maximum Gasteiger partial charge on any atom is 0.234 e. The minimum absolute atomic E-state index is 0.184. The number of nitrogens with zero attached hydrogens (tertiary/aromatic N) is 2. The monoisotopic (exact) mass is 292 g/mol. The second kappa shape index (κ2) is 6.71. The van der Waals surface area contributed by atoms with E-state index >= 15 is 0 Å². The van der Waals surface area contributed by atoms with Crippen LogP contribution in [-0.4, -0.2) is 15.9 Å². The molecule has 2 rings (SSSR count). The van der Waals surface area contributed by atoms with Gasteiger partial charge in [-0.05, 0) is 43.4 Å². The highest BCUT2D eigenvalue weighted by Crippen LogP contribution is 2.42. The molecule has 0 aliphatic heterocycles. The van der Waals surface area contributed by atoms with Gasteiger partial charge in [0, 0.05) is 12.3 Å². The van der Waals surface area contributed by atoms with Gasteiger partial charge in [-0.3, -0.25) is 4.79 Å². The molecule has 0 N–H and O–H groups in total. The van der Waals surface area contributed by atoms with E-state index in [0.717, 1.165) is 31.0 Å². The minimum Gasteiger partial charge on any atom is -0.339 e. The number of aromatic nitrogens is 2. The lowest BCUT2D eigenvalue weighted by Gasteiger charge is -2.36. The van der Waals surface area contributed by atoms with Crippen molar-refractivity contribution in [3.05, 3.63) is 11.7 Å². The third-order valence-electron chi connectivity index (χ3n) is 4.68. The molecule has 0 unspecified atom stereocenters. The second-order valence-electron chi connectivity index (χ2n) is 7.43. The molecule has 118 valence electrons. The fourth-order valence-corrected chi connectivity index (χ4v) is 3.26. The summed E-state index contributed by atoms with van der Waals surface area (Å²) in [6.45, 7) is 8.97. The highest BCUT2D eigenvalue weighted by Gasteiger charge is 2.32. The Morgan fingerprint density at radius 1 is 1.24 bits per heavy atom. The molecule has 4 nitrogen and oxygen atoms in total. The topological polar surface area (TPSA) is 56.0 Å². The summed E-state index contributed by atoms with van der Waals surface area (Å²) in [5.74, 6) is 2.67. The molecule has 1 heterocycles. The molecule has 0 aromatic carbocycles. The van der Waals surface area contributed by atoms with Crippen LogP contribution in [0.5, 0.6) is 0 Å². The normalized spacial score (nSPS) is 23.2. The number of rotatable bonds is 5. The van der Waals surface area contributed by atoms with E-state index in [2.05, 4.69) is 30.9 Å². The van der Waals surface area contributed by atoms with Crippen LogP contribution in [0.15, 0.2) is 4.52 Å². The summed E-state index contributed by atoms with van der Waals surface area (Å²) >= 11 is 0. The van der Waals surface area contributed by atoms with Crippen LogP contribution in [0.4, 0.5) is 0 Å². The van der Waals surface area contributed by atoms with Crippen LogP contribution in [0.1, 0.15) is 83.9 Å². The summed E-state index contributed by atoms with van der Waals surface area (Å²) in [7, 11) is 0. The lowest BCUT2D eigenvalue weighted by atomic mass is 9.70. The summed E-state index contributed by atoms with van der Waals surface area (Å²) in [5, 5.41) is 4.10. The lowest BCUT2D eigenvalue weighted by Crippen LogP contribution is -2.25. The van der Waals surface area contributed by atoms with Crippen molar-refractivity contribution >= 4 is 5.78 Å². The van der Waals surface area contributed by atoms with Crippen LogP contribution < -0.4 is 0 Å². The van der Waals surface area contributed by atoms with E-state index in [4.69, 9.17) is 4.52 Å². The van der Waals surface area contributed by atoms with Gasteiger partial charge in [-0.2, -0.15) is 4.98 Å². The van der Waals surface area contributed by atoms with Gasteiger partial charge in [0.25, 0.3) is 0 Å². The van der Waals surface area contributed by atoms with Gasteiger partial charge in [-0.1, -0.05) is 32.9 Å². The van der Waals surface area contributed by atoms with Crippen molar-refractivity contribution in [1.82, 2.24) is 10.1 Å². The van der Waals surface area contributed by atoms with Crippen LogP contribution in [0.25, 0.3) is 0 Å². The number of Topliss-reactive ketones (excluding diaryl/α,β-unsaturated/α-hetero) is 1. The van der Waals surface area contributed by atoms with Gasteiger partial charge in [0.15, 0.2) is 5.82 Å². The molecule has 1 aliphatic carbocycles. The van der Waals surface area contributed by atoms with Gasteiger partial charge in [-0.25, -0.2) is 0 Å². The average Bonchev–Trinajstić information content (AvgIpc) is 2.86. The fourth-order valence-electron chi connectivity index (χ4n) is 3.26. The molecule has 1 aliphatic rings. The Morgan fingerprint density at radius 3 is 2.48 bits per heavy atom. The van der Waals surface area contributed by atoms with Crippen molar-refractivity contribution in [2.45, 2.75) is 78.6 Å². The van der Waals surface area contributed by atoms with E-state index in [1.807, 2.05) is 6.92 Å². The van der Waals surface area contributed by atoms with E-state index in [-0.39, 0.29) is 12.2 Å². The zero-order chi connectivity index (χ0) is 15.5. The summed E-state index contributed by atoms with van der Waals surface area (Å²) in [4.78, 5) is 16.1. The SMILES string of the molecule is CCCC(=O)Cc1nc(C2CCC(C(C)(C)C)CC2)no1. The number of hydrogen-bond acceptors (Lipinski definition) is 4. The first kappa shape index (κ1) is 16.2. The molecular formula is C17H28N2O2. The first-order chi connectivity index (χ1) is 9.90. The van der Waals surface area contributed by atoms with Crippen molar-refractivity contribution < 1.29 is 9.32 Å². The van der Waals surface area contributed by atoms with Crippen molar-refractivity contribution in [2.75, 3.05) is 0 Å². The van der Waals surface area contributed by atoms with Crippen LogP contribution in [-0.2, 0) is 11.2 Å². The highest BCUT2D eigenvalue weighted by atomic mass is 16.5. The molecule has 1 fully saturated rings. The molecule has 0 amide bonds. The Kier molecular flexibility index (Phi) is 5.17. The number of carbonyl (C=O) groups excluding carboxylic acids is 1. The summed E-state index contributed by atoms with van der Waals surface area (Å²) in [5.41, 5.74) is 0.389. The molecule has 0 bridgehead atoms. The van der Waals surface area contributed by atoms with Crippen molar-refractivity contribution in [3.63, 3.8) is 0 Å². The quantitative estimate of drug-likeness (QED) is 0.811. The van der Waals surface area contributed by atoms with Crippen LogP contribution in [0.3, 0.4) is 0 Å². The van der Waals surface area contributed by atoms with E-state index in [1.54, 1.807) is 0 Å². The first-order valence-corrected chi connectivity index (χ1v) is 8.24. The summed E-state index contributed by atoms with van der Waals surface area (Å²) in [6, 6.07) is 0. The predicted octanol–water partition coefficient (Wildman–Crippen LogP) is 4.30. The average molecular weight is 292 g/mol. The van der Waals surface area contributed by atoms with Crippen molar-refractivity contribution in [2.24, 2.45) is 11.3 Å². The Hall–Kier alpha value is -1.19. The highest BCUT2D eigenvalue weighted by molar-refractivity contribution is 5.79. The van der Waals surface area contributed by atoms with Gasteiger partial charge in [0.2, 0.25) is 5.89 Å². The van der Waals surface area contributed by atoms with Crippen LogP contribution in [0.2, 0.25) is 0 Å². The second-order valence-corrected chi connectivity index (χ2v) is 7.43. The zero-order valence-corrected chi connectivity index (χ0v) is 13.8. The van der Waals surface area contributed by atoms with E-state index in [0.29, 0.717) is 23.6 Å². The third-order valence-corrected chi connectivity index (χ3v) is 4.68. The largest absolute Gasteiger partial charge is 0.339 e. The molecule has 0 radical (unpaired) electrons. The predicted molar refractivity (Wildman–Crippen MR) is 82.1 cm³/mol. The molecule has 1 aromatic rings. The van der Waals surface area contributed by atoms with Crippen molar-refractivity contribution in [1.29, 1.82) is 0 Å². The van der Waals surface area contributed by atoms with E-state index in [1.165, 1.54) is 12.8 Å². The molecule has 0 spiro atoms. The van der Waals surface area contributed by atoms with E-state index < -0.39 is 0 Å². The number of hydrogen-bond donors (Lipinski definition) is 0. The molecule has 0 atom stereocenters. The molecule has 4 heteroatoms. The fraction of sp³-hybridized carbons (Fsp3) is 0.824. The summed E-state index contributed by atoms with van der Waals surface area (Å²) < 4.78 is 5.25. The Morgan fingerprint density at radius 2 is 1.90 bits per heavy atom. The number of carbonyl (C=O) groups is 1. The minimum atomic E-state index is 0.184. The van der Waals surface area contributed by atoms with Crippen LogP contribution >= 0.6 is 0 Å². The standard InChI is InChI=1S/C17H28N2O2/c1-5-6-14(20)11-15-18-16(19-21-15)12-7-9-13(10-8-12)17(2,3)4/h12-13H,5-11H2,1-4H3. The third kappa shape index (κ3) is 4.39. The van der Waals surface area contributed by atoms with Gasteiger partial charge in [0.1, 0.15) is 5.78 Å². The van der Waals surface area contributed by atoms with Gasteiger partial charge < -0.3 is 4.52 Å². The van der Waals surface area contributed by atoms with Crippen LogP contribution in [0, 0.1) is 11.3 Å². The van der Waals surface area contributed by atoms with Crippen molar-refractivity contribution in [3.8, 4) is 0 Å². The molecular weight excluding hydrogens is 264 g/mol. The zero-order valence-electron chi connectivity index (χ0n) is 13.8.